The maximum atomic E-state index is 11.9. The molecule has 1 heterocycles. The van der Waals surface area contributed by atoms with E-state index < -0.39 is 12.0 Å². The van der Waals surface area contributed by atoms with Gasteiger partial charge in [-0.2, -0.15) is 0 Å². The third kappa shape index (κ3) is 4.79. The molecular formula is C16H14N2O4S. The first-order chi connectivity index (χ1) is 11.1. The number of carbonyl (C=O) groups excluding carboxylic acids is 3. The molecule has 7 heteroatoms. The van der Waals surface area contributed by atoms with Crippen molar-refractivity contribution in [3.8, 4) is 0 Å². The van der Waals surface area contributed by atoms with Gasteiger partial charge in [0, 0.05) is 6.08 Å². The number of carbonyl (C=O) groups is 3. The fraction of sp³-hybridized carbons (Fsp3) is 0.0625. The molecule has 0 radical (unpaired) electrons. The van der Waals surface area contributed by atoms with Crippen molar-refractivity contribution in [2.45, 2.75) is 0 Å². The SMILES string of the molecule is COC(=O)NC(=O)c1ccsc1NC(=O)/C=C/c1ccccc1. The number of ether oxygens (including phenoxy) is 1. The zero-order valence-electron chi connectivity index (χ0n) is 12.2. The Morgan fingerprint density at radius 3 is 2.57 bits per heavy atom. The lowest BCUT2D eigenvalue weighted by Gasteiger charge is -2.04. The van der Waals surface area contributed by atoms with Crippen LogP contribution in [0, 0.1) is 0 Å². The van der Waals surface area contributed by atoms with Gasteiger partial charge in [0.1, 0.15) is 5.00 Å². The van der Waals surface area contributed by atoms with Crippen LogP contribution in [0.25, 0.3) is 6.08 Å². The number of nitrogens with one attached hydrogen (secondary N) is 2. The molecule has 0 bridgehead atoms. The molecule has 0 unspecified atom stereocenters. The molecule has 0 saturated heterocycles. The molecule has 23 heavy (non-hydrogen) atoms. The standard InChI is InChI=1S/C16H14N2O4S/c1-22-16(21)18-14(20)12-9-10-23-15(12)17-13(19)8-7-11-5-3-2-4-6-11/h2-10H,1H3,(H,17,19)(H,18,20,21)/b8-7+. The van der Waals surface area contributed by atoms with Crippen LogP contribution in [0.3, 0.4) is 0 Å². The average molecular weight is 330 g/mol. The summed E-state index contributed by atoms with van der Waals surface area (Å²) in [5.41, 5.74) is 1.08. The van der Waals surface area contributed by atoms with Gasteiger partial charge >= 0.3 is 6.09 Å². The Bertz CT molecular complexity index is 738. The molecule has 1 aromatic heterocycles. The fourth-order valence-corrected chi connectivity index (χ4v) is 2.47. The quantitative estimate of drug-likeness (QED) is 0.844. The summed E-state index contributed by atoms with van der Waals surface area (Å²) < 4.78 is 4.36. The highest BCUT2D eigenvalue weighted by molar-refractivity contribution is 7.14. The Hall–Kier alpha value is -2.93. The second-order valence-corrected chi connectivity index (χ2v) is 5.26. The smallest absolute Gasteiger partial charge is 0.413 e. The molecule has 0 aliphatic rings. The molecule has 1 aromatic carbocycles. The van der Waals surface area contributed by atoms with Gasteiger partial charge in [0.05, 0.1) is 12.7 Å². The summed E-state index contributed by atoms with van der Waals surface area (Å²) in [5.74, 6) is -1.01. The molecule has 2 aromatic rings. The molecule has 0 aliphatic heterocycles. The summed E-state index contributed by atoms with van der Waals surface area (Å²) in [4.78, 5) is 34.9. The van der Waals surface area contributed by atoms with E-state index in [1.54, 1.807) is 11.5 Å². The highest BCUT2D eigenvalue weighted by Gasteiger charge is 2.16. The predicted molar refractivity (Wildman–Crippen MR) is 88.3 cm³/mol. The summed E-state index contributed by atoms with van der Waals surface area (Å²) in [6.45, 7) is 0. The van der Waals surface area contributed by atoms with E-state index >= 15 is 0 Å². The van der Waals surface area contributed by atoms with Crippen LogP contribution in [-0.2, 0) is 9.53 Å². The number of methoxy groups -OCH3 is 1. The van der Waals surface area contributed by atoms with Gasteiger partial charge in [0.2, 0.25) is 5.91 Å². The van der Waals surface area contributed by atoms with Gasteiger partial charge in [-0.05, 0) is 23.1 Å². The number of thiophene rings is 1. The third-order valence-electron chi connectivity index (χ3n) is 2.77. The normalized spacial score (nSPS) is 10.3. The van der Waals surface area contributed by atoms with Gasteiger partial charge in [-0.3, -0.25) is 14.9 Å². The minimum absolute atomic E-state index is 0.196. The van der Waals surface area contributed by atoms with Crippen LogP contribution in [-0.4, -0.2) is 25.0 Å². The zero-order chi connectivity index (χ0) is 16.7. The van der Waals surface area contributed by atoms with Gasteiger partial charge < -0.3 is 10.1 Å². The molecule has 6 nitrogen and oxygen atoms in total. The second kappa shape index (κ2) is 7.90. The highest BCUT2D eigenvalue weighted by Crippen LogP contribution is 2.23. The van der Waals surface area contributed by atoms with Crippen molar-refractivity contribution in [1.82, 2.24) is 5.32 Å². The van der Waals surface area contributed by atoms with Crippen molar-refractivity contribution in [3.63, 3.8) is 0 Å². The Kier molecular flexibility index (Phi) is 5.65. The molecule has 2 rings (SSSR count). The third-order valence-corrected chi connectivity index (χ3v) is 3.60. The molecule has 0 saturated carbocycles. The monoisotopic (exact) mass is 330 g/mol. The van der Waals surface area contributed by atoms with Gasteiger partial charge in [-0.25, -0.2) is 4.79 Å². The minimum atomic E-state index is -0.859. The number of imide groups is 1. The maximum Gasteiger partial charge on any atom is 0.413 e. The number of benzene rings is 1. The first-order valence-corrected chi connectivity index (χ1v) is 7.49. The molecule has 0 fully saturated rings. The summed E-state index contributed by atoms with van der Waals surface area (Å²) in [6, 6.07) is 10.9. The Morgan fingerprint density at radius 2 is 1.87 bits per heavy atom. The van der Waals surface area contributed by atoms with E-state index in [0.29, 0.717) is 5.00 Å². The lowest BCUT2D eigenvalue weighted by molar-refractivity contribution is -0.111. The molecule has 118 valence electrons. The van der Waals surface area contributed by atoms with Crippen LogP contribution in [0.5, 0.6) is 0 Å². The van der Waals surface area contributed by atoms with Gasteiger partial charge in [-0.15, -0.1) is 11.3 Å². The first kappa shape index (κ1) is 16.4. The maximum absolute atomic E-state index is 11.9. The molecule has 3 amide bonds. The Labute approximate surface area is 136 Å². The van der Waals surface area contributed by atoms with Crippen molar-refractivity contribution in [3.05, 3.63) is 59.0 Å². The molecule has 0 atom stereocenters. The van der Waals surface area contributed by atoms with Crippen LogP contribution < -0.4 is 10.6 Å². The van der Waals surface area contributed by atoms with Crippen LogP contribution in [0.15, 0.2) is 47.9 Å². The van der Waals surface area contributed by atoms with Crippen LogP contribution >= 0.6 is 11.3 Å². The lowest BCUT2D eigenvalue weighted by atomic mass is 10.2. The largest absolute Gasteiger partial charge is 0.453 e. The van der Waals surface area contributed by atoms with Crippen LogP contribution in [0.2, 0.25) is 0 Å². The number of hydrogen-bond donors (Lipinski definition) is 2. The summed E-state index contributed by atoms with van der Waals surface area (Å²) in [6.07, 6.45) is 2.18. The van der Waals surface area contributed by atoms with Gasteiger partial charge in [0.25, 0.3) is 5.91 Å². The number of alkyl carbamates (subject to hydrolysis) is 1. The van der Waals surface area contributed by atoms with Crippen LogP contribution in [0.1, 0.15) is 15.9 Å². The van der Waals surface area contributed by atoms with Crippen molar-refractivity contribution in [2.75, 3.05) is 12.4 Å². The minimum Gasteiger partial charge on any atom is -0.453 e. The van der Waals surface area contributed by atoms with Crippen molar-refractivity contribution >= 4 is 40.3 Å². The van der Waals surface area contributed by atoms with E-state index in [1.807, 2.05) is 35.6 Å². The molecule has 0 aliphatic carbocycles. The molecule has 2 N–H and O–H groups in total. The van der Waals surface area contributed by atoms with E-state index in [2.05, 4.69) is 10.1 Å². The van der Waals surface area contributed by atoms with Crippen molar-refractivity contribution in [2.24, 2.45) is 0 Å². The van der Waals surface area contributed by atoms with Crippen molar-refractivity contribution < 1.29 is 19.1 Å². The molecule has 0 spiro atoms. The van der Waals surface area contributed by atoms with Crippen molar-refractivity contribution in [1.29, 1.82) is 0 Å². The van der Waals surface area contributed by atoms with Crippen LogP contribution in [0.4, 0.5) is 9.80 Å². The Balaban J connectivity index is 2.02. The zero-order valence-corrected chi connectivity index (χ0v) is 13.1. The summed E-state index contributed by atoms with van der Waals surface area (Å²) >= 11 is 1.18. The predicted octanol–water partition coefficient (Wildman–Crippen LogP) is 2.90. The van der Waals surface area contributed by atoms with E-state index in [9.17, 15) is 14.4 Å². The van der Waals surface area contributed by atoms with E-state index in [-0.39, 0.29) is 11.5 Å². The van der Waals surface area contributed by atoms with E-state index in [1.165, 1.54) is 23.5 Å². The van der Waals surface area contributed by atoms with Gasteiger partial charge in [-0.1, -0.05) is 30.3 Å². The molecular weight excluding hydrogens is 316 g/mol. The average Bonchev–Trinajstić information content (AvgIpc) is 3.02. The summed E-state index contributed by atoms with van der Waals surface area (Å²) in [5, 5.41) is 6.65. The fourth-order valence-electron chi connectivity index (χ4n) is 1.69. The van der Waals surface area contributed by atoms with Gasteiger partial charge in [0.15, 0.2) is 0 Å². The number of anilines is 1. The number of rotatable bonds is 4. The second-order valence-electron chi connectivity index (χ2n) is 4.34. The number of amides is 3. The lowest BCUT2D eigenvalue weighted by Crippen LogP contribution is -2.30. The topological polar surface area (TPSA) is 84.5 Å². The summed E-state index contributed by atoms with van der Waals surface area (Å²) in [7, 11) is 1.16. The first-order valence-electron chi connectivity index (χ1n) is 6.61. The van der Waals surface area contributed by atoms with E-state index in [4.69, 9.17) is 0 Å². The Morgan fingerprint density at radius 1 is 1.13 bits per heavy atom. The highest BCUT2D eigenvalue weighted by atomic mass is 32.1. The number of hydrogen-bond acceptors (Lipinski definition) is 5. The van der Waals surface area contributed by atoms with E-state index in [0.717, 1.165) is 12.7 Å².